The molecule has 0 fully saturated rings. The van der Waals surface area contributed by atoms with Gasteiger partial charge in [0.05, 0.1) is 25.0 Å². The van der Waals surface area contributed by atoms with E-state index in [-0.39, 0.29) is 18.1 Å². The standard InChI is InChI=1S/C19H19N5O2/c25-18(17-12-24(23-22-17)11-15-6-3-4-10-20-15)21-13-19(26)9-8-14-5-1-2-7-16(14)19/h1-7,10,12,26H,8-9,11,13H2,(H,21,25). The lowest BCUT2D eigenvalue weighted by atomic mass is 9.96. The zero-order valence-electron chi connectivity index (χ0n) is 14.2. The van der Waals surface area contributed by atoms with E-state index in [1.54, 1.807) is 17.1 Å². The first-order valence-corrected chi connectivity index (χ1v) is 8.53. The van der Waals surface area contributed by atoms with Crippen LogP contribution in [-0.4, -0.2) is 37.5 Å². The molecule has 0 radical (unpaired) electrons. The highest BCUT2D eigenvalue weighted by molar-refractivity contribution is 5.91. The van der Waals surface area contributed by atoms with Crippen molar-refractivity contribution in [3.8, 4) is 0 Å². The Hall–Kier alpha value is -3.06. The summed E-state index contributed by atoms with van der Waals surface area (Å²) in [5.74, 6) is -0.352. The van der Waals surface area contributed by atoms with Gasteiger partial charge in [-0.25, -0.2) is 4.68 Å². The van der Waals surface area contributed by atoms with E-state index in [9.17, 15) is 9.90 Å². The summed E-state index contributed by atoms with van der Waals surface area (Å²) in [5.41, 5.74) is 2.04. The molecule has 1 unspecified atom stereocenters. The number of hydrogen-bond donors (Lipinski definition) is 2. The smallest absolute Gasteiger partial charge is 0.273 e. The van der Waals surface area contributed by atoms with Crippen LogP contribution in [0.1, 0.15) is 33.7 Å². The molecule has 0 bridgehead atoms. The lowest BCUT2D eigenvalue weighted by molar-refractivity contribution is 0.0368. The molecule has 26 heavy (non-hydrogen) atoms. The maximum Gasteiger partial charge on any atom is 0.273 e. The molecule has 1 aliphatic carbocycles. The fourth-order valence-electron chi connectivity index (χ4n) is 3.31. The maximum absolute atomic E-state index is 12.4. The first-order chi connectivity index (χ1) is 12.6. The molecule has 2 N–H and O–H groups in total. The molecular formula is C19H19N5O2. The molecule has 1 amide bonds. The molecule has 1 aromatic carbocycles. The zero-order valence-corrected chi connectivity index (χ0v) is 14.2. The number of aromatic nitrogens is 4. The van der Waals surface area contributed by atoms with Gasteiger partial charge in [-0.3, -0.25) is 9.78 Å². The summed E-state index contributed by atoms with van der Waals surface area (Å²) >= 11 is 0. The number of aryl methyl sites for hydroxylation is 1. The third kappa shape index (κ3) is 3.21. The fourth-order valence-corrected chi connectivity index (χ4v) is 3.31. The van der Waals surface area contributed by atoms with Crippen molar-refractivity contribution >= 4 is 5.91 Å². The normalized spacial score (nSPS) is 18.5. The molecule has 2 heterocycles. The van der Waals surface area contributed by atoms with Gasteiger partial charge < -0.3 is 10.4 Å². The minimum Gasteiger partial charge on any atom is -0.383 e. The van der Waals surface area contributed by atoms with Crippen molar-refractivity contribution < 1.29 is 9.90 Å². The van der Waals surface area contributed by atoms with Crippen LogP contribution in [0, 0.1) is 0 Å². The van der Waals surface area contributed by atoms with Crippen molar-refractivity contribution in [2.75, 3.05) is 6.54 Å². The Balaban J connectivity index is 1.40. The van der Waals surface area contributed by atoms with Crippen molar-refractivity contribution in [1.82, 2.24) is 25.3 Å². The van der Waals surface area contributed by atoms with Crippen molar-refractivity contribution in [3.63, 3.8) is 0 Å². The summed E-state index contributed by atoms with van der Waals surface area (Å²) in [6.45, 7) is 0.592. The monoisotopic (exact) mass is 349 g/mol. The number of amides is 1. The quantitative estimate of drug-likeness (QED) is 0.724. The van der Waals surface area contributed by atoms with Gasteiger partial charge in [-0.2, -0.15) is 0 Å². The molecule has 7 nitrogen and oxygen atoms in total. The summed E-state index contributed by atoms with van der Waals surface area (Å²) in [4.78, 5) is 16.6. The van der Waals surface area contributed by atoms with Crippen molar-refractivity contribution in [3.05, 3.63) is 77.4 Å². The molecule has 1 atom stereocenters. The van der Waals surface area contributed by atoms with E-state index in [0.29, 0.717) is 13.0 Å². The molecule has 0 aliphatic heterocycles. The number of hydrogen-bond acceptors (Lipinski definition) is 5. The average Bonchev–Trinajstić information content (AvgIpc) is 3.27. The van der Waals surface area contributed by atoms with Crippen LogP contribution in [0.15, 0.2) is 54.9 Å². The number of aliphatic hydroxyl groups is 1. The predicted molar refractivity (Wildman–Crippen MR) is 94.4 cm³/mol. The molecule has 4 rings (SSSR count). The number of pyridine rings is 1. The lowest BCUT2D eigenvalue weighted by Gasteiger charge is -2.24. The Morgan fingerprint density at radius 2 is 2.08 bits per heavy atom. The lowest BCUT2D eigenvalue weighted by Crippen LogP contribution is -2.39. The molecule has 132 valence electrons. The van der Waals surface area contributed by atoms with E-state index < -0.39 is 5.60 Å². The second-order valence-corrected chi connectivity index (χ2v) is 6.49. The number of nitrogens with one attached hydrogen (secondary N) is 1. The largest absolute Gasteiger partial charge is 0.383 e. The Labute approximate surface area is 150 Å². The third-order valence-corrected chi connectivity index (χ3v) is 4.69. The highest BCUT2D eigenvalue weighted by Gasteiger charge is 2.36. The second kappa shape index (κ2) is 6.68. The van der Waals surface area contributed by atoms with E-state index in [2.05, 4.69) is 20.6 Å². The summed E-state index contributed by atoms with van der Waals surface area (Å²) in [6, 6.07) is 13.4. The van der Waals surface area contributed by atoms with Gasteiger partial charge in [0.25, 0.3) is 5.91 Å². The van der Waals surface area contributed by atoms with Gasteiger partial charge in [0.2, 0.25) is 0 Å². The van der Waals surface area contributed by atoms with E-state index in [1.807, 2.05) is 42.5 Å². The molecule has 0 saturated carbocycles. The molecule has 7 heteroatoms. The summed E-state index contributed by atoms with van der Waals surface area (Å²) in [7, 11) is 0. The predicted octanol–water partition coefficient (Wildman–Crippen LogP) is 1.29. The topological polar surface area (TPSA) is 92.9 Å². The minimum absolute atomic E-state index is 0.149. The zero-order chi connectivity index (χ0) is 18.0. The first kappa shape index (κ1) is 16.4. The second-order valence-electron chi connectivity index (χ2n) is 6.49. The van der Waals surface area contributed by atoms with Gasteiger partial charge in [0.1, 0.15) is 5.60 Å². The van der Waals surface area contributed by atoms with Crippen LogP contribution in [0.5, 0.6) is 0 Å². The Kier molecular flexibility index (Phi) is 4.22. The number of fused-ring (bicyclic) bond motifs is 1. The summed E-state index contributed by atoms with van der Waals surface area (Å²) in [5, 5.41) is 21.5. The molecule has 2 aromatic heterocycles. The van der Waals surface area contributed by atoms with Crippen molar-refractivity contribution in [1.29, 1.82) is 0 Å². The van der Waals surface area contributed by atoms with Gasteiger partial charge in [-0.05, 0) is 36.1 Å². The van der Waals surface area contributed by atoms with Gasteiger partial charge in [0.15, 0.2) is 5.69 Å². The van der Waals surface area contributed by atoms with Gasteiger partial charge in [-0.15, -0.1) is 5.10 Å². The minimum atomic E-state index is -1.03. The van der Waals surface area contributed by atoms with Crippen molar-refractivity contribution in [2.24, 2.45) is 0 Å². The Morgan fingerprint density at radius 3 is 2.92 bits per heavy atom. The number of carbonyl (C=O) groups is 1. The number of nitrogens with zero attached hydrogens (tertiary/aromatic N) is 4. The van der Waals surface area contributed by atoms with Gasteiger partial charge >= 0.3 is 0 Å². The molecular weight excluding hydrogens is 330 g/mol. The molecule has 3 aromatic rings. The van der Waals surface area contributed by atoms with E-state index in [0.717, 1.165) is 23.2 Å². The van der Waals surface area contributed by atoms with E-state index in [1.165, 1.54) is 0 Å². The van der Waals surface area contributed by atoms with Crippen LogP contribution in [0.4, 0.5) is 0 Å². The van der Waals surface area contributed by atoms with E-state index in [4.69, 9.17) is 0 Å². The highest BCUT2D eigenvalue weighted by Crippen LogP contribution is 2.36. The van der Waals surface area contributed by atoms with Gasteiger partial charge in [-0.1, -0.05) is 35.5 Å². The van der Waals surface area contributed by atoms with Crippen LogP contribution in [0.2, 0.25) is 0 Å². The number of rotatable bonds is 5. The molecule has 0 spiro atoms. The van der Waals surface area contributed by atoms with Crippen LogP contribution in [0.3, 0.4) is 0 Å². The number of benzene rings is 1. The molecule has 1 aliphatic rings. The molecule has 0 saturated heterocycles. The first-order valence-electron chi connectivity index (χ1n) is 8.53. The Morgan fingerprint density at radius 1 is 1.23 bits per heavy atom. The van der Waals surface area contributed by atoms with Crippen molar-refractivity contribution in [2.45, 2.75) is 25.0 Å². The maximum atomic E-state index is 12.4. The SMILES string of the molecule is O=C(NCC1(O)CCc2ccccc21)c1cn(Cc2ccccn2)nn1. The van der Waals surface area contributed by atoms with Crippen LogP contribution >= 0.6 is 0 Å². The van der Waals surface area contributed by atoms with E-state index >= 15 is 0 Å². The Bertz CT molecular complexity index is 924. The summed E-state index contributed by atoms with van der Waals surface area (Å²) < 4.78 is 1.57. The van der Waals surface area contributed by atoms with Crippen LogP contribution in [0.25, 0.3) is 0 Å². The van der Waals surface area contributed by atoms with Gasteiger partial charge in [0, 0.05) is 6.20 Å². The van der Waals surface area contributed by atoms with Crippen LogP contribution in [-0.2, 0) is 18.6 Å². The van der Waals surface area contributed by atoms with Crippen LogP contribution < -0.4 is 5.32 Å². The number of carbonyl (C=O) groups excluding carboxylic acids is 1. The highest BCUT2D eigenvalue weighted by atomic mass is 16.3. The third-order valence-electron chi connectivity index (χ3n) is 4.69. The summed E-state index contributed by atoms with van der Waals surface area (Å²) in [6.07, 6.45) is 4.69. The fraction of sp³-hybridized carbons (Fsp3) is 0.263. The average molecular weight is 349 g/mol.